The van der Waals surface area contributed by atoms with E-state index in [1.807, 2.05) is 45.0 Å². The lowest BCUT2D eigenvalue weighted by Crippen LogP contribution is -2.40. The molecule has 0 saturated carbocycles. The van der Waals surface area contributed by atoms with Crippen molar-refractivity contribution in [2.75, 3.05) is 23.8 Å². The number of para-hydroxylation sites is 2. The molecule has 2 aromatic carbocycles. The molecule has 6 nitrogen and oxygen atoms in total. The number of carbonyl (C=O) groups is 2. The van der Waals surface area contributed by atoms with Crippen molar-refractivity contribution in [1.29, 1.82) is 0 Å². The van der Waals surface area contributed by atoms with Crippen LogP contribution in [-0.2, 0) is 4.79 Å². The number of benzene rings is 2. The zero-order valence-electron chi connectivity index (χ0n) is 17.7. The molecule has 0 spiro atoms. The lowest BCUT2D eigenvalue weighted by molar-refractivity contribution is -0.114. The molecule has 0 atom stereocenters. The van der Waals surface area contributed by atoms with Gasteiger partial charge in [0.25, 0.3) is 5.91 Å². The fourth-order valence-corrected chi connectivity index (χ4v) is 2.55. The summed E-state index contributed by atoms with van der Waals surface area (Å²) in [6.45, 7) is 8.64. The van der Waals surface area contributed by atoms with Gasteiger partial charge in [0.1, 0.15) is 5.75 Å². The molecule has 29 heavy (non-hydrogen) atoms. The molecule has 6 heteroatoms. The zero-order valence-corrected chi connectivity index (χ0v) is 17.7. The van der Waals surface area contributed by atoms with Gasteiger partial charge in [-0.3, -0.25) is 9.59 Å². The van der Waals surface area contributed by atoms with E-state index in [-0.39, 0.29) is 23.9 Å². The number of unbranched alkanes of at least 4 members (excludes halogenated alkanes) is 1. The van der Waals surface area contributed by atoms with Gasteiger partial charge in [0.05, 0.1) is 18.8 Å². The van der Waals surface area contributed by atoms with Gasteiger partial charge in [-0.05, 0) is 63.6 Å². The average molecular weight is 398 g/mol. The molecule has 2 amide bonds. The molecule has 2 rings (SSSR count). The Morgan fingerprint density at radius 3 is 2.34 bits per heavy atom. The predicted octanol–water partition coefficient (Wildman–Crippen LogP) is 4.44. The van der Waals surface area contributed by atoms with Crippen molar-refractivity contribution >= 4 is 23.2 Å². The number of ether oxygens (including phenoxy) is 1. The minimum absolute atomic E-state index is 0.108. The van der Waals surface area contributed by atoms with E-state index in [2.05, 4.69) is 22.9 Å². The second kappa shape index (κ2) is 10.5. The summed E-state index contributed by atoms with van der Waals surface area (Å²) in [6.07, 6.45) is 2.02. The quantitative estimate of drug-likeness (QED) is 0.547. The van der Waals surface area contributed by atoms with E-state index in [4.69, 9.17) is 4.74 Å². The molecule has 2 aromatic rings. The van der Waals surface area contributed by atoms with Crippen molar-refractivity contribution in [3.05, 3.63) is 54.1 Å². The van der Waals surface area contributed by atoms with Crippen LogP contribution in [0.25, 0.3) is 0 Å². The average Bonchev–Trinajstić information content (AvgIpc) is 2.67. The smallest absolute Gasteiger partial charge is 0.251 e. The van der Waals surface area contributed by atoms with Gasteiger partial charge >= 0.3 is 0 Å². The first-order valence-electron chi connectivity index (χ1n) is 9.96. The van der Waals surface area contributed by atoms with Gasteiger partial charge in [0.15, 0.2) is 0 Å². The van der Waals surface area contributed by atoms with Crippen molar-refractivity contribution in [1.82, 2.24) is 5.32 Å². The van der Waals surface area contributed by atoms with Crippen molar-refractivity contribution < 1.29 is 14.3 Å². The van der Waals surface area contributed by atoms with E-state index < -0.39 is 0 Å². The van der Waals surface area contributed by atoms with Gasteiger partial charge in [-0.25, -0.2) is 0 Å². The van der Waals surface area contributed by atoms with Crippen LogP contribution in [0.2, 0.25) is 0 Å². The van der Waals surface area contributed by atoms with E-state index in [0.717, 1.165) is 18.5 Å². The fourth-order valence-electron chi connectivity index (χ4n) is 2.55. The minimum atomic E-state index is -0.289. The molecule has 0 aliphatic heterocycles. The number of hydrogen-bond donors (Lipinski definition) is 3. The zero-order chi connectivity index (χ0) is 21.3. The van der Waals surface area contributed by atoms with Crippen LogP contribution >= 0.6 is 0 Å². The summed E-state index contributed by atoms with van der Waals surface area (Å²) in [5, 5.41) is 8.86. The monoisotopic (exact) mass is 397 g/mol. The van der Waals surface area contributed by atoms with Crippen molar-refractivity contribution in [3.8, 4) is 5.75 Å². The Bertz CT molecular complexity index is 811. The summed E-state index contributed by atoms with van der Waals surface area (Å²) in [5.74, 6) is 0.371. The lowest BCUT2D eigenvalue weighted by atomic mass is 10.1. The molecule has 0 aliphatic rings. The lowest BCUT2D eigenvalue weighted by Gasteiger charge is -2.20. The first-order chi connectivity index (χ1) is 13.8. The Hall–Kier alpha value is -3.02. The maximum absolute atomic E-state index is 12.3. The maximum atomic E-state index is 12.3. The first-order valence-corrected chi connectivity index (χ1v) is 9.96. The summed E-state index contributed by atoms with van der Waals surface area (Å²) >= 11 is 0. The topological polar surface area (TPSA) is 79.5 Å². The SMILES string of the molecule is CCCCOc1ccccc1NC(=O)CNc1ccc(C(=O)NC(C)(C)C)cc1. The number of rotatable bonds is 9. The molecule has 0 heterocycles. The normalized spacial score (nSPS) is 10.9. The summed E-state index contributed by atoms with van der Waals surface area (Å²) in [4.78, 5) is 24.5. The second-order valence-corrected chi connectivity index (χ2v) is 7.88. The van der Waals surface area contributed by atoms with Crippen LogP contribution < -0.4 is 20.7 Å². The van der Waals surface area contributed by atoms with Gasteiger partial charge in [-0.2, -0.15) is 0 Å². The molecule has 0 fully saturated rings. The Morgan fingerprint density at radius 2 is 1.69 bits per heavy atom. The Morgan fingerprint density at radius 1 is 1.00 bits per heavy atom. The highest BCUT2D eigenvalue weighted by Gasteiger charge is 2.15. The number of carbonyl (C=O) groups excluding carboxylic acids is 2. The van der Waals surface area contributed by atoms with E-state index in [1.165, 1.54) is 0 Å². The van der Waals surface area contributed by atoms with E-state index in [9.17, 15) is 9.59 Å². The molecule has 0 radical (unpaired) electrons. The number of anilines is 2. The third kappa shape index (κ3) is 7.86. The predicted molar refractivity (Wildman–Crippen MR) is 118 cm³/mol. The number of nitrogens with one attached hydrogen (secondary N) is 3. The Kier molecular flexibility index (Phi) is 8.07. The van der Waals surface area contributed by atoms with Gasteiger partial charge in [0.2, 0.25) is 5.91 Å². The highest BCUT2D eigenvalue weighted by Crippen LogP contribution is 2.24. The van der Waals surface area contributed by atoms with Gasteiger partial charge in [-0.15, -0.1) is 0 Å². The fraction of sp³-hybridized carbons (Fsp3) is 0.391. The summed E-state index contributed by atoms with van der Waals surface area (Å²) < 4.78 is 5.74. The molecule has 0 aliphatic carbocycles. The summed E-state index contributed by atoms with van der Waals surface area (Å²) in [5.41, 5.74) is 1.71. The van der Waals surface area contributed by atoms with Crippen LogP contribution in [0.4, 0.5) is 11.4 Å². The molecule has 0 saturated heterocycles. The standard InChI is InChI=1S/C23H31N3O3/c1-5-6-15-29-20-10-8-7-9-19(20)25-21(27)16-24-18-13-11-17(12-14-18)22(28)26-23(2,3)4/h7-14,24H,5-6,15-16H2,1-4H3,(H,25,27)(H,26,28). The summed E-state index contributed by atoms with van der Waals surface area (Å²) in [7, 11) is 0. The third-order valence-electron chi connectivity index (χ3n) is 4.01. The molecule has 156 valence electrons. The Balaban J connectivity index is 1.87. The van der Waals surface area contributed by atoms with Crippen LogP contribution in [0, 0.1) is 0 Å². The van der Waals surface area contributed by atoms with Crippen molar-refractivity contribution in [3.63, 3.8) is 0 Å². The van der Waals surface area contributed by atoms with Crippen LogP contribution in [0.3, 0.4) is 0 Å². The first kappa shape index (κ1) is 22.3. The number of hydrogen-bond acceptors (Lipinski definition) is 4. The van der Waals surface area contributed by atoms with Crippen LogP contribution in [0.5, 0.6) is 5.75 Å². The van der Waals surface area contributed by atoms with E-state index >= 15 is 0 Å². The molecule has 0 bridgehead atoms. The van der Waals surface area contributed by atoms with Gasteiger partial charge in [0, 0.05) is 16.8 Å². The molecular formula is C23H31N3O3. The number of amides is 2. The van der Waals surface area contributed by atoms with Crippen LogP contribution in [0.1, 0.15) is 50.9 Å². The third-order valence-corrected chi connectivity index (χ3v) is 4.01. The van der Waals surface area contributed by atoms with Crippen molar-refractivity contribution in [2.24, 2.45) is 0 Å². The molecule has 0 aromatic heterocycles. The summed E-state index contributed by atoms with van der Waals surface area (Å²) in [6, 6.07) is 14.4. The second-order valence-electron chi connectivity index (χ2n) is 7.88. The maximum Gasteiger partial charge on any atom is 0.251 e. The highest BCUT2D eigenvalue weighted by molar-refractivity contribution is 5.96. The van der Waals surface area contributed by atoms with Crippen molar-refractivity contribution in [2.45, 2.75) is 46.1 Å². The van der Waals surface area contributed by atoms with E-state index in [0.29, 0.717) is 23.6 Å². The van der Waals surface area contributed by atoms with Crippen LogP contribution in [-0.4, -0.2) is 30.5 Å². The Labute approximate surface area is 173 Å². The molecule has 0 unspecified atom stereocenters. The molecule has 3 N–H and O–H groups in total. The van der Waals surface area contributed by atoms with E-state index in [1.54, 1.807) is 24.3 Å². The van der Waals surface area contributed by atoms with Crippen LogP contribution in [0.15, 0.2) is 48.5 Å². The van der Waals surface area contributed by atoms with Gasteiger partial charge < -0.3 is 20.7 Å². The highest BCUT2D eigenvalue weighted by atomic mass is 16.5. The minimum Gasteiger partial charge on any atom is -0.491 e. The molecular weight excluding hydrogens is 366 g/mol. The largest absolute Gasteiger partial charge is 0.491 e. The van der Waals surface area contributed by atoms with Gasteiger partial charge in [-0.1, -0.05) is 25.5 Å².